The molecule has 0 aromatic heterocycles. The van der Waals surface area contributed by atoms with E-state index in [1.165, 1.54) is 24.3 Å². The van der Waals surface area contributed by atoms with Gasteiger partial charge in [-0.25, -0.2) is 4.39 Å². The van der Waals surface area contributed by atoms with Crippen LogP contribution in [0.1, 0.15) is 62.7 Å². The lowest BCUT2D eigenvalue weighted by molar-refractivity contribution is -0.139. The Morgan fingerprint density at radius 3 is 2.16 bits per heavy atom. The number of hydrogen-bond acceptors (Lipinski definition) is 3. The third kappa shape index (κ3) is 6.28. The summed E-state index contributed by atoms with van der Waals surface area (Å²) in [5.41, 5.74) is 0.464. The first-order chi connectivity index (χ1) is 14.8. The molecule has 3 rings (SSSR count). The monoisotopic (exact) mass is 431 g/mol. The molecule has 2 fully saturated rings. The molecule has 1 atom stereocenters. The van der Waals surface area contributed by atoms with Crippen LogP contribution < -0.4 is 5.32 Å². The molecule has 1 unspecified atom stereocenters. The van der Waals surface area contributed by atoms with Gasteiger partial charge in [0.05, 0.1) is 0 Å². The maximum Gasteiger partial charge on any atom is 0.253 e. The predicted molar refractivity (Wildman–Crippen MR) is 117 cm³/mol. The number of piperidine rings is 2. The number of amides is 3. The summed E-state index contributed by atoms with van der Waals surface area (Å²) in [6.07, 6.45) is 4.84. The molecular formula is C24H34FN3O3. The molecule has 2 saturated heterocycles. The normalized spacial score (nSPS) is 18.7. The number of likely N-dealkylation sites (tertiary alicyclic amines) is 2. The van der Waals surface area contributed by atoms with Gasteiger partial charge in [-0.05, 0) is 68.2 Å². The van der Waals surface area contributed by atoms with Crippen LogP contribution >= 0.6 is 0 Å². The van der Waals surface area contributed by atoms with Crippen molar-refractivity contribution in [2.24, 2.45) is 11.8 Å². The predicted octanol–water partition coefficient (Wildman–Crippen LogP) is 3.22. The minimum atomic E-state index is -0.535. The number of carbonyl (C=O) groups is 3. The second-order valence-corrected chi connectivity index (χ2v) is 9.17. The summed E-state index contributed by atoms with van der Waals surface area (Å²) in [4.78, 5) is 42.2. The first kappa shape index (κ1) is 23.2. The van der Waals surface area contributed by atoms with Crippen molar-refractivity contribution in [3.63, 3.8) is 0 Å². The van der Waals surface area contributed by atoms with Crippen molar-refractivity contribution in [1.29, 1.82) is 0 Å². The Balaban J connectivity index is 1.65. The number of rotatable bonds is 6. The molecule has 0 radical (unpaired) electrons. The van der Waals surface area contributed by atoms with E-state index in [4.69, 9.17) is 0 Å². The lowest BCUT2D eigenvalue weighted by atomic mass is 9.87. The molecule has 7 heteroatoms. The first-order valence-corrected chi connectivity index (χ1v) is 11.5. The molecule has 3 amide bonds. The molecule has 0 bridgehead atoms. The van der Waals surface area contributed by atoms with Crippen molar-refractivity contribution in [1.82, 2.24) is 15.1 Å². The molecule has 2 aliphatic rings. The van der Waals surface area contributed by atoms with Gasteiger partial charge in [0.2, 0.25) is 11.8 Å². The van der Waals surface area contributed by atoms with Gasteiger partial charge in [-0.2, -0.15) is 0 Å². The van der Waals surface area contributed by atoms with Gasteiger partial charge >= 0.3 is 0 Å². The van der Waals surface area contributed by atoms with Crippen LogP contribution in [-0.2, 0) is 9.59 Å². The molecule has 6 nitrogen and oxygen atoms in total. The molecule has 0 spiro atoms. The minimum Gasteiger partial charge on any atom is -0.344 e. The largest absolute Gasteiger partial charge is 0.344 e. The zero-order valence-electron chi connectivity index (χ0n) is 18.6. The molecule has 0 saturated carbocycles. The average molecular weight is 432 g/mol. The lowest BCUT2D eigenvalue weighted by Gasteiger charge is -2.38. The summed E-state index contributed by atoms with van der Waals surface area (Å²) < 4.78 is 13.1. The highest BCUT2D eigenvalue weighted by Gasteiger charge is 2.36. The van der Waals surface area contributed by atoms with Gasteiger partial charge in [0.1, 0.15) is 11.9 Å². The SMILES string of the molecule is CC(C)CC(=O)NC(C(=O)N1CCCCC1)C1CCN(C(=O)c2ccc(F)cc2)CC1. The fourth-order valence-corrected chi connectivity index (χ4v) is 4.51. The number of nitrogens with zero attached hydrogens (tertiary/aromatic N) is 2. The van der Waals surface area contributed by atoms with E-state index in [-0.39, 0.29) is 35.4 Å². The topological polar surface area (TPSA) is 69.7 Å². The van der Waals surface area contributed by atoms with Gasteiger partial charge in [0.15, 0.2) is 0 Å². The standard InChI is InChI=1S/C24H34FN3O3/c1-17(2)16-21(29)26-22(24(31)27-12-4-3-5-13-27)18-10-14-28(15-11-18)23(30)19-6-8-20(25)9-7-19/h6-9,17-18,22H,3-5,10-16H2,1-2H3,(H,26,29). The Morgan fingerprint density at radius 1 is 0.968 bits per heavy atom. The zero-order chi connectivity index (χ0) is 22.4. The number of benzene rings is 1. The summed E-state index contributed by atoms with van der Waals surface area (Å²) in [6.45, 7) is 6.51. The highest BCUT2D eigenvalue weighted by atomic mass is 19.1. The van der Waals surface area contributed by atoms with Gasteiger partial charge < -0.3 is 15.1 Å². The molecule has 1 N–H and O–H groups in total. The minimum absolute atomic E-state index is 0.00260. The molecule has 2 heterocycles. The maximum atomic E-state index is 13.3. The third-order valence-electron chi connectivity index (χ3n) is 6.23. The van der Waals surface area contributed by atoms with E-state index < -0.39 is 6.04 Å². The highest BCUT2D eigenvalue weighted by Crippen LogP contribution is 2.25. The van der Waals surface area contributed by atoms with Gasteiger partial charge in [-0.3, -0.25) is 14.4 Å². The molecule has 1 aromatic carbocycles. The van der Waals surface area contributed by atoms with Crippen molar-refractivity contribution >= 4 is 17.7 Å². The van der Waals surface area contributed by atoms with E-state index >= 15 is 0 Å². The fraction of sp³-hybridized carbons (Fsp3) is 0.625. The number of hydrogen-bond donors (Lipinski definition) is 1. The highest BCUT2D eigenvalue weighted by molar-refractivity contribution is 5.94. The van der Waals surface area contributed by atoms with Crippen molar-refractivity contribution in [3.8, 4) is 0 Å². The Labute approximate surface area is 184 Å². The van der Waals surface area contributed by atoms with E-state index in [9.17, 15) is 18.8 Å². The Bertz CT molecular complexity index is 767. The third-order valence-corrected chi connectivity index (χ3v) is 6.23. The average Bonchev–Trinajstić information content (AvgIpc) is 2.77. The second kappa shape index (κ2) is 10.7. The number of halogens is 1. The first-order valence-electron chi connectivity index (χ1n) is 11.5. The van der Waals surface area contributed by atoms with Crippen molar-refractivity contribution < 1.29 is 18.8 Å². The Kier molecular flexibility index (Phi) is 8.04. The maximum absolute atomic E-state index is 13.3. The van der Waals surface area contributed by atoms with Gasteiger partial charge in [-0.15, -0.1) is 0 Å². The van der Waals surface area contributed by atoms with Crippen LogP contribution in [0.4, 0.5) is 4.39 Å². The summed E-state index contributed by atoms with van der Waals surface area (Å²) in [7, 11) is 0. The van der Waals surface area contributed by atoms with Crippen LogP contribution in [0.2, 0.25) is 0 Å². The number of carbonyl (C=O) groups excluding carboxylic acids is 3. The van der Waals surface area contributed by atoms with Crippen molar-refractivity contribution in [2.75, 3.05) is 26.2 Å². The number of nitrogens with one attached hydrogen (secondary N) is 1. The zero-order valence-corrected chi connectivity index (χ0v) is 18.6. The van der Waals surface area contributed by atoms with Crippen LogP contribution in [0.5, 0.6) is 0 Å². The molecule has 1 aromatic rings. The van der Waals surface area contributed by atoms with E-state index in [0.717, 1.165) is 32.4 Å². The van der Waals surface area contributed by atoms with Gasteiger partial charge in [-0.1, -0.05) is 13.8 Å². The lowest BCUT2D eigenvalue weighted by Crippen LogP contribution is -2.55. The van der Waals surface area contributed by atoms with Crippen LogP contribution in [-0.4, -0.2) is 59.7 Å². The molecule has 31 heavy (non-hydrogen) atoms. The van der Waals surface area contributed by atoms with Gasteiger partial charge in [0.25, 0.3) is 5.91 Å². The van der Waals surface area contributed by atoms with E-state index in [1.807, 2.05) is 18.7 Å². The van der Waals surface area contributed by atoms with Crippen LogP contribution in [0.25, 0.3) is 0 Å². The molecule has 0 aliphatic carbocycles. The molecule has 170 valence electrons. The van der Waals surface area contributed by atoms with Crippen LogP contribution in [0.3, 0.4) is 0 Å². The smallest absolute Gasteiger partial charge is 0.253 e. The van der Waals surface area contributed by atoms with Gasteiger partial charge in [0, 0.05) is 38.2 Å². The Hall–Kier alpha value is -2.44. The van der Waals surface area contributed by atoms with Crippen LogP contribution in [0.15, 0.2) is 24.3 Å². The molecular weight excluding hydrogens is 397 g/mol. The molecule has 2 aliphatic heterocycles. The van der Waals surface area contributed by atoms with E-state index in [2.05, 4.69) is 5.32 Å². The summed E-state index contributed by atoms with van der Waals surface area (Å²) in [5, 5.41) is 3.02. The summed E-state index contributed by atoms with van der Waals surface area (Å²) in [5.74, 6) is -0.341. The van der Waals surface area contributed by atoms with Crippen LogP contribution in [0, 0.1) is 17.7 Å². The fourth-order valence-electron chi connectivity index (χ4n) is 4.51. The second-order valence-electron chi connectivity index (χ2n) is 9.17. The summed E-state index contributed by atoms with van der Waals surface area (Å²) in [6, 6.07) is 5.04. The summed E-state index contributed by atoms with van der Waals surface area (Å²) >= 11 is 0. The van der Waals surface area contributed by atoms with E-state index in [1.54, 1.807) is 4.90 Å². The van der Waals surface area contributed by atoms with E-state index in [0.29, 0.717) is 37.9 Å². The van der Waals surface area contributed by atoms with Crippen molar-refractivity contribution in [3.05, 3.63) is 35.6 Å². The van der Waals surface area contributed by atoms with Crippen molar-refractivity contribution in [2.45, 2.75) is 58.4 Å². The Morgan fingerprint density at radius 2 is 1.58 bits per heavy atom. The quantitative estimate of drug-likeness (QED) is 0.752.